The fraction of sp³-hybridized carbons (Fsp3) is 0.440. The lowest BCUT2D eigenvalue weighted by atomic mass is 10.1. The van der Waals surface area contributed by atoms with Crippen molar-refractivity contribution in [3.8, 4) is 17.2 Å². The summed E-state index contributed by atoms with van der Waals surface area (Å²) < 4.78 is 16.3. The van der Waals surface area contributed by atoms with Crippen LogP contribution in [0.3, 0.4) is 0 Å². The van der Waals surface area contributed by atoms with E-state index in [1.54, 1.807) is 36.4 Å². The van der Waals surface area contributed by atoms with Crippen LogP contribution in [0.15, 0.2) is 36.4 Å². The van der Waals surface area contributed by atoms with Gasteiger partial charge in [-0.3, -0.25) is 9.59 Å². The van der Waals surface area contributed by atoms with Crippen molar-refractivity contribution in [3.05, 3.63) is 52.0 Å². The van der Waals surface area contributed by atoms with Crippen LogP contribution in [0.5, 0.6) is 17.2 Å². The zero-order valence-corrected chi connectivity index (χ0v) is 21.5. The van der Waals surface area contributed by atoms with Crippen LogP contribution in [0.1, 0.15) is 38.7 Å². The topological polar surface area (TPSA) is 77.1 Å². The number of carbonyl (C=O) groups is 2. The van der Waals surface area contributed by atoms with Crippen molar-refractivity contribution < 1.29 is 23.8 Å². The van der Waals surface area contributed by atoms with E-state index in [0.717, 1.165) is 18.4 Å². The smallest absolute Gasteiger partial charge is 0.261 e. The van der Waals surface area contributed by atoms with Crippen LogP contribution in [0, 0.1) is 0 Å². The Morgan fingerprint density at radius 1 is 0.971 bits per heavy atom. The minimum Gasteiger partial charge on any atom is -0.496 e. The number of rotatable bonds is 13. The second-order valence-corrected chi connectivity index (χ2v) is 8.49. The highest BCUT2D eigenvalue weighted by molar-refractivity contribution is 6.42. The Bertz CT molecular complexity index is 948. The molecule has 0 spiro atoms. The Morgan fingerprint density at radius 3 is 2.18 bits per heavy atom. The molecule has 0 aromatic heterocycles. The van der Waals surface area contributed by atoms with E-state index >= 15 is 0 Å². The maximum atomic E-state index is 13.3. The number of ether oxygens (including phenoxy) is 3. The van der Waals surface area contributed by atoms with Crippen LogP contribution in [0.25, 0.3) is 0 Å². The van der Waals surface area contributed by atoms with Gasteiger partial charge in [0.2, 0.25) is 5.91 Å². The predicted octanol–water partition coefficient (Wildman–Crippen LogP) is 5.11. The lowest BCUT2D eigenvalue weighted by molar-refractivity contribution is -0.143. The van der Waals surface area contributed by atoms with Crippen LogP contribution >= 0.6 is 23.2 Å². The highest BCUT2D eigenvalue weighted by atomic mass is 35.5. The van der Waals surface area contributed by atoms with Gasteiger partial charge in [-0.1, -0.05) is 49.5 Å². The van der Waals surface area contributed by atoms with Gasteiger partial charge >= 0.3 is 0 Å². The third-order valence-electron chi connectivity index (χ3n) is 5.24. The molecule has 2 amide bonds. The SMILES string of the molecule is CCCCNC(=O)[C@@H](CC)N(Cc1ccc(Cl)c(Cl)c1)C(=O)COc1cc(OC)cc(OC)c1. The number of carbonyl (C=O) groups excluding carboxylic acids is 2. The van der Waals surface area contributed by atoms with Gasteiger partial charge in [0.05, 0.1) is 24.3 Å². The number of unbranched alkanes of at least 4 members (excludes halogenated alkanes) is 1. The quantitative estimate of drug-likeness (QED) is 0.378. The average Bonchev–Trinajstić information content (AvgIpc) is 2.84. The molecule has 0 bridgehead atoms. The van der Waals surface area contributed by atoms with Crippen LogP contribution in [-0.2, 0) is 16.1 Å². The maximum Gasteiger partial charge on any atom is 0.261 e. The molecule has 2 aromatic carbocycles. The summed E-state index contributed by atoms with van der Waals surface area (Å²) in [4.78, 5) is 27.7. The molecule has 0 unspecified atom stereocenters. The molecular formula is C25H32Cl2N2O5. The molecule has 1 N–H and O–H groups in total. The van der Waals surface area contributed by atoms with Gasteiger partial charge in [-0.15, -0.1) is 0 Å². The van der Waals surface area contributed by atoms with Crippen molar-refractivity contribution in [2.75, 3.05) is 27.4 Å². The molecule has 0 aliphatic carbocycles. The molecule has 0 aliphatic rings. The molecule has 0 saturated carbocycles. The molecule has 0 saturated heterocycles. The summed E-state index contributed by atoms with van der Waals surface area (Å²) >= 11 is 12.2. The molecule has 1 atom stereocenters. The standard InChI is InChI=1S/C25H32Cl2N2O5/c1-5-7-10-28-25(31)23(6-2)29(15-17-8-9-21(26)22(27)11-17)24(30)16-34-20-13-18(32-3)12-19(14-20)33-4/h8-9,11-14,23H,5-7,10,15-16H2,1-4H3,(H,28,31)/t23-/m1/s1. The number of nitrogens with one attached hydrogen (secondary N) is 1. The zero-order valence-electron chi connectivity index (χ0n) is 20.0. The summed E-state index contributed by atoms with van der Waals surface area (Å²) in [6.45, 7) is 4.39. The predicted molar refractivity (Wildman–Crippen MR) is 134 cm³/mol. The van der Waals surface area contributed by atoms with Gasteiger partial charge in [0.25, 0.3) is 5.91 Å². The van der Waals surface area contributed by atoms with Crippen molar-refractivity contribution in [1.29, 1.82) is 0 Å². The number of amides is 2. The number of hydrogen-bond donors (Lipinski definition) is 1. The van der Waals surface area contributed by atoms with E-state index in [1.165, 1.54) is 19.1 Å². The zero-order chi connectivity index (χ0) is 25.1. The molecule has 34 heavy (non-hydrogen) atoms. The van der Waals surface area contributed by atoms with Crippen molar-refractivity contribution in [2.24, 2.45) is 0 Å². The number of halogens is 2. The van der Waals surface area contributed by atoms with E-state index in [-0.39, 0.29) is 25.0 Å². The van der Waals surface area contributed by atoms with E-state index in [4.69, 9.17) is 37.4 Å². The molecule has 2 rings (SSSR count). The molecule has 0 radical (unpaired) electrons. The van der Waals surface area contributed by atoms with Gasteiger partial charge in [0.15, 0.2) is 6.61 Å². The summed E-state index contributed by atoms with van der Waals surface area (Å²) in [5, 5.41) is 3.73. The van der Waals surface area contributed by atoms with Gasteiger partial charge < -0.3 is 24.4 Å². The summed E-state index contributed by atoms with van der Waals surface area (Å²) in [5.41, 5.74) is 0.755. The first-order valence-electron chi connectivity index (χ1n) is 11.2. The Hall–Kier alpha value is -2.64. The van der Waals surface area contributed by atoms with Crippen molar-refractivity contribution in [2.45, 2.75) is 45.7 Å². The van der Waals surface area contributed by atoms with Crippen LogP contribution in [0.4, 0.5) is 0 Å². The van der Waals surface area contributed by atoms with Gasteiger partial charge in [-0.25, -0.2) is 0 Å². The Labute approximate surface area is 211 Å². The van der Waals surface area contributed by atoms with E-state index < -0.39 is 6.04 Å². The minimum absolute atomic E-state index is 0.181. The summed E-state index contributed by atoms with van der Waals surface area (Å²) in [6.07, 6.45) is 2.27. The van der Waals surface area contributed by atoms with E-state index in [0.29, 0.717) is 40.3 Å². The summed E-state index contributed by atoms with van der Waals surface area (Å²) in [5.74, 6) is 0.949. The van der Waals surface area contributed by atoms with Gasteiger partial charge in [0, 0.05) is 31.3 Å². The molecule has 7 nitrogen and oxygen atoms in total. The van der Waals surface area contributed by atoms with Crippen molar-refractivity contribution in [1.82, 2.24) is 10.2 Å². The highest BCUT2D eigenvalue weighted by Gasteiger charge is 2.29. The van der Waals surface area contributed by atoms with Crippen LogP contribution < -0.4 is 19.5 Å². The Morgan fingerprint density at radius 2 is 1.62 bits per heavy atom. The molecule has 9 heteroatoms. The first-order valence-corrected chi connectivity index (χ1v) is 11.9. The fourth-order valence-corrected chi connectivity index (χ4v) is 3.67. The normalized spacial score (nSPS) is 11.5. The van der Waals surface area contributed by atoms with E-state index in [1.807, 2.05) is 6.92 Å². The molecule has 0 aliphatic heterocycles. The monoisotopic (exact) mass is 510 g/mol. The second-order valence-electron chi connectivity index (χ2n) is 7.68. The average molecular weight is 511 g/mol. The minimum atomic E-state index is -0.665. The van der Waals surface area contributed by atoms with Crippen molar-refractivity contribution >= 4 is 35.0 Å². The Kier molecular flexibility index (Phi) is 11.3. The van der Waals surface area contributed by atoms with Gasteiger partial charge in [0.1, 0.15) is 23.3 Å². The second kappa shape index (κ2) is 13.9. The van der Waals surface area contributed by atoms with Crippen molar-refractivity contribution in [3.63, 3.8) is 0 Å². The number of methoxy groups -OCH3 is 2. The summed E-state index contributed by atoms with van der Waals surface area (Å²) in [7, 11) is 3.07. The maximum absolute atomic E-state index is 13.3. The van der Waals surface area contributed by atoms with E-state index in [2.05, 4.69) is 12.2 Å². The Balaban J connectivity index is 2.25. The molecule has 186 valence electrons. The first-order chi connectivity index (χ1) is 16.3. The lowest BCUT2D eigenvalue weighted by Gasteiger charge is -2.30. The first kappa shape index (κ1) is 27.6. The van der Waals surface area contributed by atoms with Gasteiger partial charge in [-0.2, -0.15) is 0 Å². The number of hydrogen-bond acceptors (Lipinski definition) is 5. The molecule has 2 aromatic rings. The molecular weight excluding hydrogens is 479 g/mol. The van der Waals surface area contributed by atoms with Crippen LogP contribution in [0.2, 0.25) is 10.0 Å². The molecule has 0 fully saturated rings. The lowest BCUT2D eigenvalue weighted by Crippen LogP contribution is -2.50. The molecule has 0 heterocycles. The van der Waals surface area contributed by atoms with E-state index in [9.17, 15) is 9.59 Å². The van der Waals surface area contributed by atoms with Crippen LogP contribution in [-0.4, -0.2) is 50.1 Å². The largest absolute Gasteiger partial charge is 0.496 e. The fourth-order valence-electron chi connectivity index (χ4n) is 3.35. The summed E-state index contributed by atoms with van der Waals surface area (Å²) in [6, 6.07) is 9.51. The third-order valence-corrected chi connectivity index (χ3v) is 5.98. The number of benzene rings is 2. The number of nitrogens with zero attached hydrogens (tertiary/aromatic N) is 1. The third kappa shape index (κ3) is 7.99. The highest BCUT2D eigenvalue weighted by Crippen LogP contribution is 2.28. The van der Waals surface area contributed by atoms with Gasteiger partial charge in [-0.05, 0) is 30.5 Å².